The molecule has 1 amide bonds. The number of hydrogen-bond donors (Lipinski definition) is 0. The van der Waals surface area contributed by atoms with E-state index in [2.05, 4.69) is 37.0 Å². The Morgan fingerprint density at radius 2 is 2.17 bits per heavy atom. The normalized spacial score (nSPS) is 21.3. The molecular formula is C14H17Br2FN4O2. The van der Waals surface area contributed by atoms with E-state index in [9.17, 15) is 9.18 Å². The zero-order chi connectivity index (χ0) is 17.4. The molecule has 1 aliphatic rings. The molecule has 1 aromatic rings. The zero-order valence-corrected chi connectivity index (χ0v) is 16.2. The molecule has 0 unspecified atom stereocenters. The van der Waals surface area contributed by atoms with Crippen LogP contribution in [0.1, 0.15) is 38.8 Å². The quantitative estimate of drug-likeness (QED) is 0.685. The third-order valence-corrected chi connectivity index (χ3v) is 4.78. The predicted octanol–water partition coefficient (Wildman–Crippen LogP) is 3.80. The maximum Gasteiger partial charge on any atom is 0.410 e. The number of amides is 1. The monoisotopic (exact) mass is 450 g/mol. The molecule has 6 nitrogen and oxygen atoms in total. The smallest absolute Gasteiger partial charge is 0.410 e. The summed E-state index contributed by atoms with van der Waals surface area (Å²) in [6.45, 7) is 4.93. The van der Waals surface area contributed by atoms with Crippen LogP contribution in [0.3, 0.4) is 0 Å². The lowest BCUT2D eigenvalue weighted by molar-refractivity contribution is 0.0203. The number of nitriles is 1. The largest absolute Gasteiger partial charge is 0.444 e. The highest BCUT2D eigenvalue weighted by Crippen LogP contribution is 2.34. The van der Waals surface area contributed by atoms with E-state index in [1.54, 1.807) is 25.5 Å². The molecule has 0 spiro atoms. The van der Waals surface area contributed by atoms with E-state index in [0.29, 0.717) is 21.2 Å². The molecule has 9 heteroatoms. The van der Waals surface area contributed by atoms with E-state index in [1.807, 2.05) is 6.07 Å². The standard InChI is InChI=1S/C14H17Br2FN4O2/c1-14(2,3)23-13(22)20-7-9(4-8(20)5-17)21-12(16)10(6-18)11(15)19-21/h8-9H,4-5,7H2,1-3H3/t8-,9-/m0/s1. The van der Waals surface area contributed by atoms with Gasteiger partial charge in [-0.15, -0.1) is 0 Å². The molecule has 126 valence electrons. The number of alkyl halides is 1. The number of hydrogen-bond acceptors (Lipinski definition) is 4. The lowest BCUT2D eigenvalue weighted by atomic mass is 10.2. The predicted molar refractivity (Wildman–Crippen MR) is 88.7 cm³/mol. The van der Waals surface area contributed by atoms with Gasteiger partial charge in [-0.05, 0) is 59.1 Å². The van der Waals surface area contributed by atoms with Crippen molar-refractivity contribution in [1.29, 1.82) is 5.26 Å². The Morgan fingerprint density at radius 3 is 2.65 bits per heavy atom. The van der Waals surface area contributed by atoms with Crippen molar-refractivity contribution in [2.45, 2.75) is 44.9 Å². The molecule has 0 bridgehead atoms. The van der Waals surface area contributed by atoms with Gasteiger partial charge in [0.15, 0.2) is 0 Å². The molecule has 0 aromatic carbocycles. The minimum absolute atomic E-state index is 0.226. The van der Waals surface area contributed by atoms with E-state index in [4.69, 9.17) is 10.00 Å². The second-order valence-electron chi connectivity index (χ2n) is 6.34. The molecule has 1 saturated heterocycles. The average Bonchev–Trinajstić information content (AvgIpc) is 2.98. The first-order valence-electron chi connectivity index (χ1n) is 7.07. The molecule has 1 aromatic heterocycles. The number of ether oxygens (including phenoxy) is 1. The molecule has 2 rings (SSSR count). The highest BCUT2D eigenvalue weighted by Gasteiger charge is 2.39. The van der Waals surface area contributed by atoms with Crippen molar-refractivity contribution in [1.82, 2.24) is 14.7 Å². The van der Waals surface area contributed by atoms with Gasteiger partial charge in [-0.1, -0.05) is 0 Å². The number of aromatic nitrogens is 2. The first kappa shape index (κ1) is 18.2. The van der Waals surface area contributed by atoms with Crippen LogP contribution >= 0.6 is 31.9 Å². The second-order valence-corrected chi connectivity index (χ2v) is 7.85. The van der Waals surface area contributed by atoms with Gasteiger partial charge in [0.2, 0.25) is 0 Å². The molecular weight excluding hydrogens is 435 g/mol. The van der Waals surface area contributed by atoms with Crippen LogP contribution in [0.25, 0.3) is 0 Å². The van der Waals surface area contributed by atoms with Crippen molar-refractivity contribution in [3.8, 4) is 6.07 Å². The van der Waals surface area contributed by atoms with Gasteiger partial charge in [0.05, 0.1) is 12.1 Å². The molecule has 0 radical (unpaired) electrons. The summed E-state index contributed by atoms with van der Waals surface area (Å²) in [5, 5.41) is 13.4. The number of carbonyl (C=O) groups is 1. The van der Waals surface area contributed by atoms with Crippen LogP contribution in [0.4, 0.5) is 9.18 Å². The Hall–Kier alpha value is -1.14. The Bertz CT molecular complexity index is 650. The summed E-state index contributed by atoms with van der Waals surface area (Å²) in [5.41, 5.74) is -0.267. The second kappa shape index (κ2) is 6.77. The SMILES string of the molecule is CC(C)(C)OC(=O)N1C[C@@H](n2nc(Br)c(C#N)c2Br)C[C@H]1CF. The Kier molecular flexibility index (Phi) is 5.36. The van der Waals surface area contributed by atoms with Crippen LogP contribution in [0.5, 0.6) is 0 Å². The number of rotatable bonds is 2. The zero-order valence-electron chi connectivity index (χ0n) is 13.0. The van der Waals surface area contributed by atoms with E-state index >= 15 is 0 Å². The van der Waals surface area contributed by atoms with Crippen molar-refractivity contribution in [3.05, 3.63) is 14.8 Å². The van der Waals surface area contributed by atoms with E-state index in [0.717, 1.165) is 0 Å². The van der Waals surface area contributed by atoms with Crippen molar-refractivity contribution in [2.75, 3.05) is 13.2 Å². The third-order valence-electron chi connectivity index (χ3n) is 3.47. The van der Waals surface area contributed by atoms with Gasteiger partial charge in [-0.25, -0.2) is 9.18 Å². The topological polar surface area (TPSA) is 71.2 Å². The van der Waals surface area contributed by atoms with Crippen LogP contribution < -0.4 is 0 Å². The molecule has 2 atom stereocenters. The van der Waals surface area contributed by atoms with Crippen LogP contribution in [0.15, 0.2) is 9.21 Å². The van der Waals surface area contributed by atoms with Crippen LogP contribution in [0, 0.1) is 11.3 Å². The molecule has 1 aliphatic heterocycles. The fourth-order valence-corrected chi connectivity index (χ4v) is 3.84. The minimum Gasteiger partial charge on any atom is -0.444 e. The van der Waals surface area contributed by atoms with E-state index in [1.165, 1.54) is 4.90 Å². The maximum atomic E-state index is 13.3. The fraction of sp³-hybridized carbons (Fsp3) is 0.643. The van der Waals surface area contributed by atoms with Crippen molar-refractivity contribution in [3.63, 3.8) is 0 Å². The summed E-state index contributed by atoms with van der Waals surface area (Å²) in [5.74, 6) is 0. The Morgan fingerprint density at radius 1 is 1.52 bits per heavy atom. The average molecular weight is 452 g/mol. The van der Waals surface area contributed by atoms with Crippen molar-refractivity contribution in [2.24, 2.45) is 0 Å². The first-order chi connectivity index (χ1) is 10.7. The van der Waals surface area contributed by atoms with Gasteiger partial charge < -0.3 is 9.64 Å². The minimum atomic E-state index is -0.652. The first-order valence-corrected chi connectivity index (χ1v) is 8.65. The van der Waals surface area contributed by atoms with Gasteiger partial charge >= 0.3 is 6.09 Å². The maximum absolute atomic E-state index is 13.3. The summed E-state index contributed by atoms with van der Waals surface area (Å²) in [7, 11) is 0. The molecule has 0 aliphatic carbocycles. The van der Waals surface area contributed by atoms with Gasteiger partial charge in [-0.2, -0.15) is 10.4 Å². The summed E-state index contributed by atoms with van der Waals surface area (Å²) in [4.78, 5) is 13.6. The van der Waals surface area contributed by atoms with Crippen molar-refractivity contribution >= 4 is 38.0 Å². The molecule has 23 heavy (non-hydrogen) atoms. The lowest BCUT2D eigenvalue weighted by Gasteiger charge is -2.27. The number of carbonyl (C=O) groups excluding carboxylic acids is 1. The van der Waals surface area contributed by atoms with Gasteiger partial charge in [0.1, 0.15) is 33.1 Å². The third kappa shape index (κ3) is 3.86. The molecule has 0 saturated carbocycles. The van der Waals surface area contributed by atoms with Crippen LogP contribution in [-0.4, -0.2) is 45.6 Å². The summed E-state index contributed by atoms with van der Waals surface area (Å²) < 4.78 is 21.2. The van der Waals surface area contributed by atoms with Gasteiger partial charge in [0.25, 0.3) is 0 Å². The Labute approximate surface area is 150 Å². The fourth-order valence-electron chi connectivity index (χ4n) is 2.48. The Balaban J connectivity index is 2.22. The lowest BCUT2D eigenvalue weighted by Crippen LogP contribution is -2.40. The number of nitrogens with zero attached hydrogens (tertiary/aromatic N) is 4. The van der Waals surface area contributed by atoms with E-state index < -0.39 is 24.4 Å². The summed E-state index contributed by atoms with van der Waals surface area (Å²) >= 11 is 6.57. The highest BCUT2D eigenvalue weighted by molar-refractivity contribution is 9.11. The van der Waals surface area contributed by atoms with Gasteiger partial charge in [-0.3, -0.25) is 4.68 Å². The van der Waals surface area contributed by atoms with E-state index in [-0.39, 0.29) is 12.6 Å². The molecule has 1 fully saturated rings. The van der Waals surface area contributed by atoms with Crippen LogP contribution in [0.2, 0.25) is 0 Å². The van der Waals surface area contributed by atoms with Crippen LogP contribution in [-0.2, 0) is 4.74 Å². The summed E-state index contributed by atoms with van der Waals surface area (Å²) in [6, 6.07) is 1.26. The molecule has 0 N–H and O–H groups in total. The molecule has 2 heterocycles. The number of likely N-dealkylation sites (tertiary alicyclic amines) is 1. The highest BCUT2D eigenvalue weighted by atomic mass is 79.9. The van der Waals surface area contributed by atoms with Crippen molar-refractivity contribution < 1.29 is 13.9 Å². The summed E-state index contributed by atoms with van der Waals surface area (Å²) in [6.07, 6.45) is -0.127. The number of halogens is 3. The van der Waals surface area contributed by atoms with Gasteiger partial charge in [0, 0.05) is 6.54 Å².